The van der Waals surface area contributed by atoms with Gasteiger partial charge >= 0.3 is 0 Å². The zero-order valence-corrected chi connectivity index (χ0v) is 15.5. The Morgan fingerprint density at radius 3 is 2.67 bits per heavy atom. The van der Waals surface area contributed by atoms with Crippen LogP contribution in [0.2, 0.25) is 0 Å². The SMILES string of the molecule is CCNC(Cc1csc(C)n1)Cc1c(Br)c(C)nn1CC. The van der Waals surface area contributed by atoms with E-state index in [1.165, 1.54) is 11.4 Å². The number of rotatable bonds is 7. The lowest BCUT2D eigenvalue weighted by Crippen LogP contribution is -2.34. The summed E-state index contributed by atoms with van der Waals surface area (Å²) < 4.78 is 3.23. The molecule has 0 bridgehead atoms. The second kappa shape index (κ2) is 7.51. The van der Waals surface area contributed by atoms with Crippen molar-refractivity contribution in [3.8, 4) is 0 Å². The molecule has 1 N–H and O–H groups in total. The van der Waals surface area contributed by atoms with Crippen molar-refractivity contribution in [1.82, 2.24) is 20.1 Å². The van der Waals surface area contributed by atoms with Crippen molar-refractivity contribution in [2.45, 2.75) is 53.1 Å². The maximum atomic E-state index is 4.59. The van der Waals surface area contributed by atoms with Gasteiger partial charge in [-0.2, -0.15) is 5.10 Å². The van der Waals surface area contributed by atoms with Crippen LogP contribution in [-0.2, 0) is 19.4 Å². The summed E-state index contributed by atoms with van der Waals surface area (Å²) in [7, 11) is 0. The van der Waals surface area contributed by atoms with Gasteiger partial charge in [0.15, 0.2) is 0 Å². The van der Waals surface area contributed by atoms with Gasteiger partial charge in [0.1, 0.15) is 0 Å². The Kier molecular flexibility index (Phi) is 5.96. The Morgan fingerprint density at radius 1 is 1.33 bits per heavy atom. The number of hydrogen-bond donors (Lipinski definition) is 1. The molecule has 1 atom stereocenters. The van der Waals surface area contributed by atoms with Crippen molar-refractivity contribution < 1.29 is 0 Å². The standard InChI is InChI=1S/C15H23BrN4S/c1-5-17-12(7-13-9-21-11(4)18-13)8-14-15(16)10(3)19-20(14)6-2/h9,12,17H,5-8H2,1-4H3. The van der Waals surface area contributed by atoms with Gasteiger partial charge in [-0.25, -0.2) is 4.98 Å². The lowest BCUT2D eigenvalue weighted by atomic mass is 10.1. The van der Waals surface area contributed by atoms with E-state index in [2.05, 4.69) is 62.2 Å². The summed E-state index contributed by atoms with van der Waals surface area (Å²) in [4.78, 5) is 4.59. The number of hydrogen-bond acceptors (Lipinski definition) is 4. The van der Waals surface area contributed by atoms with Crippen LogP contribution >= 0.6 is 27.3 Å². The molecule has 0 aliphatic heterocycles. The summed E-state index contributed by atoms with van der Waals surface area (Å²) in [5.41, 5.74) is 3.51. The fourth-order valence-electron chi connectivity index (χ4n) is 2.56. The van der Waals surface area contributed by atoms with Gasteiger partial charge < -0.3 is 5.32 Å². The van der Waals surface area contributed by atoms with Gasteiger partial charge in [0, 0.05) is 30.8 Å². The summed E-state index contributed by atoms with van der Waals surface area (Å²) in [6, 6.07) is 0.384. The van der Waals surface area contributed by atoms with Gasteiger partial charge in [-0.3, -0.25) is 4.68 Å². The Hall–Kier alpha value is -0.720. The Labute approximate surface area is 139 Å². The zero-order valence-electron chi connectivity index (χ0n) is 13.1. The lowest BCUT2D eigenvalue weighted by Gasteiger charge is -2.18. The van der Waals surface area contributed by atoms with Crippen LogP contribution in [0.15, 0.2) is 9.85 Å². The fraction of sp³-hybridized carbons (Fsp3) is 0.600. The van der Waals surface area contributed by atoms with Crippen LogP contribution in [0.5, 0.6) is 0 Å². The number of nitrogens with one attached hydrogen (secondary N) is 1. The van der Waals surface area contributed by atoms with Crippen LogP contribution in [0.1, 0.15) is 35.9 Å². The maximum absolute atomic E-state index is 4.59. The monoisotopic (exact) mass is 370 g/mol. The third kappa shape index (κ3) is 4.14. The van der Waals surface area contributed by atoms with Crippen LogP contribution in [-0.4, -0.2) is 27.4 Å². The molecule has 116 valence electrons. The van der Waals surface area contributed by atoms with Crippen LogP contribution in [0.4, 0.5) is 0 Å². The van der Waals surface area contributed by atoms with Crippen LogP contribution in [0.25, 0.3) is 0 Å². The minimum Gasteiger partial charge on any atom is -0.313 e. The average Bonchev–Trinajstić information content (AvgIpc) is 2.97. The van der Waals surface area contributed by atoms with Crippen LogP contribution < -0.4 is 5.32 Å². The molecule has 2 aromatic rings. The van der Waals surface area contributed by atoms with E-state index in [0.717, 1.165) is 41.1 Å². The molecule has 2 heterocycles. The van der Waals surface area contributed by atoms with E-state index in [9.17, 15) is 0 Å². The molecule has 0 spiro atoms. The summed E-state index contributed by atoms with van der Waals surface area (Å²) in [6.07, 6.45) is 1.91. The molecule has 0 saturated carbocycles. The first-order valence-corrected chi connectivity index (χ1v) is 9.08. The summed E-state index contributed by atoms with van der Waals surface area (Å²) >= 11 is 5.41. The lowest BCUT2D eigenvalue weighted by molar-refractivity contribution is 0.491. The van der Waals surface area contributed by atoms with Gasteiger partial charge in [-0.15, -0.1) is 11.3 Å². The first kappa shape index (κ1) is 16.6. The van der Waals surface area contributed by atoms with Gasteiger partial charge in [-0.05, 0) is 43.2 Å². The molecule has 0 saturated heterocycles. The Morgan fingerprint density at radius 2 is 2.10 bits per heavy atom. The van der Waals surface area contributed by atoms with E-state index in [1.54, 1.807) is 11.3 Å². The Bertz CT molecular complexity index is 591. The smallest absolute Gasteiger partial charge is 0.0897 e. The summed E-state index contributed by atoms with van der Waals surface area (Å²) in [6.45, 7) is 10.3. The number of thiazole rings is 1. The van der Waals surface area contributed by atoms with E-state index in [4.69, 9.17) is 0 Å². The summed E-state index contributed by atoms with van der Waals surface area (Å²) in [5, 5.41) is 11.5. The molecular formula is C15H23BrN4S. The molecule has 0 amide bonds. The fourth-order valence-corrected chi connectivity index (χ4v) is 3.63. The zero-order chi connectivity index (χ0) is 15.4. The van der Waals surface area contributed by atoms with E-state index in [1.807, 2.05) is 6.92 Å². The van der Waals surface area contributed by atoms with E-state index < -0.39 is 0 Å². The number of aromatic nitrogens is 3. The van der Waals surface area contributed by atoms with E-state index in [-0.39, 0.29) is 0 Å². The average molecular weight is 371 g/mol. The van der Waals surface area contributed by atoms with E-state index in [0.29, 0.717) is 6.04 Å². The molecule has 6 heteroatoms. The van der Waals surface area contributed by atoms with Crippen molar-refractivity contribution in [2.24, 2.45) is 0 Å². The highest BCUT2D eigenvalue weighted by Crippen LogP contribution is 2.23. The van der Waals surface area contributed by atoms with Gasteiger partial charge in [0.05, 0.1) is 26.6 Å². The van der Waals surface area contributed by atoms with E-state index >= 15 is 0 Å². The van der Waals surface area contributed by atoms with Gasteiger partial charge in [0.2, 0.25) is 0 Å². The topological polar surface area (TPSA) is 42.7 Å². The minimum absolute atomic E-state index is 0.384. The maximum Gasteiger partial charge on any atom is 0.0897 e. The highest BCUT2D eigenvalue weighted by molar-refractivity contribution is 9.10. The number of nitrogens with zero attached hydrogens (tertiary/aromatic N) is 3. The largest absolute Gasteiger partial charge is 0.313 e. The van der Waals surface area contributed by atoms with Gasteiger partial charge in [0.25, 0.3) is 0 Å². The first-order chi connectivity index (χ1) is 10.0. The molecule has 0 fully saturated rings. The third-order valence-electron chi connectivity index (χ3n) is 3.51. The van der Waals surface area contributed by atoms with Crippen LogP contribution in [0, 0.1) is 13.8 Å². The molecule has 21 heavy (non-hydrogen) atoms. The predicted molar refractivity (Wildman–Crippen MR) is 92.1 cm³/mol. The molecule has 4 nitrogen and oxygen atoms in total. The predicted octanol–water partition coefficient (Wildman–Crippen LogP) is 3.50. The molecule has 0 aliphatic rings. The van der Waals surface area contributed by atoms with Crippen molar-refractivity contribution in [3.63, 3.8) is 0 Å². The number of aryl methyl sites for hydroxylation is 3. The molecule has 2 rings (SSSR count). The number of likely N-dealkylation sites (N-methyl/N-ethyl adjacent to an activating group) is 1. The third-order valence-corrected chi connectivity index (χ3v) is 5.36. The van der Waals surface area contributed by atoms with Crippen molar-refractivity contribution in [1.29, 1.82) is 0 Å². The Balaban J connectivity index is 2.16. The van der Waals surface area contributed by atoms with Crippen molar-refractivity contribution in [2.75, 3.05) is 6.54 Å². The van der Waals surface area contributed by atoms with Gasteiger partial charge in [-0.1, -0.05) is 6.92 Å². The molecule has 0 aliphatic carbocycles. The molecular weight excluding hydrogens is 348 g/mol. The molecule has 0 aromatic carbocycles. The normalized spacial score (nSPS) is 12.8. The second-order valence-electron chi connectivity index (χ2n) is 5.18. The molecule has 2 aromatic heterocycles. The quantitative estimate of drug-likeness (QED) is 0.810. The second-order valence-corrected chi connectivity index (χ2v) is 7.04. The van der Waals surface area contributed by atoms with Crippen LogP contribution in [0.3, 0.4) is 0 Å². The van der Waals surface area contributed by atoms with Crippen molar-refractivity contribution >= 4 is 27.3 Å². The summed E-state index contributed by atoms with van der Waals surface area (Å²) in [5.74, 6) is 0. The molecule has 0 radical (unpaired) electrons. The minimum atomic E-state index is 0.384. The highest BCUT2D eigenvalue weighted by atomic mass is 79.9. The molecule has 1 unspecified atom stereocenters. The highest BCUT2D eigenvalue weighted by Gasteiger charge is 2.18. The first-order valence-electron chi connectivity index (χ1n) is 7.41. The van der Waals surface area contributed by atoms with Crippen molar-refractivity contribution in [3.05, 3.63) is 31.9 Å². The number of halogens is 1.